The van der Waals surface area contributed by atoms with E-state index in [0.717, 1.165) is 0 Å². The van der Waals surface area contributed by atoms with E-state index in [1.807, 2.05) is 0 Å². The number of hydrogen-bond donors (Lipinski definition) is 2. The Morgan fingerprint density at radius 3 is 2.63 bits per heavy atom. The number of ether oxygens (including phenoxy) is 2. The van der Waals surface area contributed by atoms with E-state index in [4.69, 9.17) is 20.3 Å². The van der Waals surface area contributed by atoms with Crippen LogP contribution in [0.25, 0.3) is 0 Å². The number of rotatable bonds is 5. The average molecular weight is 287 g/mol. The quantitative estimate of drug-likeness (QED) is 0.782. The van der Waals surface area contributed by atoms with Gasteiger partial charge in [0.25, 0.3) is 0 Å². The largest absolute Gasteiger partial charge is 0.493 e. The molecule has 1 unspecified atom stereocenters. The molecule has 6 nitrogen and oxygen atoms in total. The summed E-state index contributed by atoms with van der Waals surface area (Å²) in [4.78, 5) is 0. The van der Waals surface area contributed by atoms with Crippen molar-refractivity contribution in [1.82, 2.24) is 0 Å². The summed E-state index contributed by atoms with van der Waals surface area (Å²) in [6.07, 6.45) is -0.348. The van der Waals surface area contributed by atoms with Crippen molar-refractivity contribution in [3.8, 4) is 11.5 Å². The molecule has 19 heavy (non-hydrogen) atoms. The zero-order valence-corrected chi connectivity index (χ0v) is 11.4. The van der Waals surface area contributed by atoms with Crippen molar-refractivity contribution in [2.45, 2.75) is 12.1 Å². The summed E-state index contributed by atoms with van der Waals surface area (Å²) < 4.78 is 33.0. The number of aliphatic hydroxyl groups is 1. The zero-order valence-electron chi connectivity index (χ0n) is 10.6. The summed E-state index contributed by atoms with van der Waals surface area (Å²) in [6, 6.07) is 4.60. The van der Waals surface area contributed by atoms with Crippen LogP contribution >= 0.6 is 0 Å². The summed E-state index contributed by atoms with van der Waals surface area (Å²) in [6.45, 7) is -0.177. The highest BCUT2D eigenvalue weighted by atomic mass is 32.2. The lowest BCUT2D eigenvalue weighted by Gasteiger charge is -2.27. The highest BCUT2D eigenvalue weighted by Crippen LogP contribution is 2.32. The number of methoxy groups -OCH3 is 1. The second-order valence-corrected chi connectivity index (χ2v) is 6.67. The molecule has 1 aromatic carbocycles. The van der Waals surface area contributed by atoms with Crippen LogP contribution in [0.5, 0.6) is 11.5 Å². The Labute approximate surface area is 112 Å². The van der Waals surface area contributed by atoms with E-state index in [0.29, 0.717) is 17.1 Å². The Morgan fingerprint density at radius 1 is 1.42 bits per heavy atom. The van der Waals surface area contributed by atoms with Crippen LogP contribution in [0.15, 0.2) is 18.2 Å². The molecular formula is C12H17NO5S. The van der Waals surface area contributed by atoms with Crippen molar-refractivity contribution in [2.75, 3.05) is 25.2 Å². The Bertz CT molecular complexity index is 545. The lowest BCUT2D eigenvalue weighted by atomic mass is 10.1. The molecule has 3 N–H and O–H groups in total. The van der Waals surface area contributed by atoms with Crippen molar-refractivity contribution in [3.05, 3.63) is 23.8 Å². The maximum Gasteiger partial charge on any atom is 0.162 e. The smallest absolute Gasteiger partial charge is 0.162 e. The molecule has 0 aliphatic carbocycles. The molecule has 1 aliphatic rings. The summed E-state index contributed by atoms with van der Waals surface area (Å²) in [5, 5.41) is 9.04. The number of sulfone groups is 1. The number of aliphatic hydroxyl groups excluding tert-OH is 1. The topological polar surface area (TPSA) is 98.8 Å². The maximum atomic E-state index is 11.1. The molecule has 1 aromatic rings. The third kappa shape index (κ3) is 3.17. The number of hydrogen-bond acceptors (Lipinski definition) is 6. The Hall–Kier alpha value is -1.31. The van der Waals surface area contributed by atoms with Gasteiger partial charge >= 0.3 is 0 Å². The summed E-state index contributed by atoms with van der Waals surface area (Å²) in [7, 11) is -1.43. The molecule has 1 atom stereocenters. The van der Waals surface area contributed by atoms with Crippen LogP contribution in [0, 0.1) is 0 Å². The van der Waals surface area contributed by atoms with Crippen molar-refractivity contribution in [1.29, 1.82) is 0 Å². The molecule has 7 heteroatoms. The molecule has 0 aromatic heterocycles. The molecule has 0 amide bonds. The normalized spacial score (nSPS) is 19.5. The maximum absolute atomic E-state index is 11.1. The number of nitrogens with two attached hydrogens (primary N) is 1. The Balaban J connectivity index is 2.17. The van der Waals surface area contributed by atoms with Crippen LogP contribution in [0.1, 0.15) is 11.6 Å². The standard InChI is InChI=1S/C12H17NO5S/c1-17-11-3-2-8(10(13)5-14)4-12(11)18-9-6-19(15,16)7-9/h2-4,9-10,14H,5-7,13H2,1H3. The third-order valence-corrected chi connectivity index (χ3v) is 4.75. The molecule has 1 fully saturated rings. The molecule has 0 bridgehead atoms. The van der Waals surface area contributed by atoms with Gasteiger partial charge in [-0.2, -0.15) is 0 Å². The number of benzene rings is 1. The van der Waals surface area contributed by atoms with Crippen molar-refractivity contribution in [3.63, 3.8) is 0 Å². The molecule has 0 saturated carbocycles. The fraction of sp³-hybridized carbons (Fsp3) is 0.500. The minimum atomic E-state index is -2.93. The predicted octanol–water partition coefficient (Wildman–Crippen LogP) is -0.137. The van der Waals surface area contributed by atoms with Gasteiger partial charge in [0.15, 0.2) is 21.3 Å². The van der Waals surface area contributed by atoms with Crippen LogP contribution in [-0.4, -0.2) is 44.9 Å². The molecule has 0 spiro atoms. The predicted molar refractivity (Wildman–Crippen MR) is 70.1 cm³/mol. The van der Waals surface area contributed by atoms with E-state index in [1.54, 1.807) is 18.2 Å². The lowest BCUT2D eigenvalue weighted by Crippen LogP contribution is -2.45. The highest BCUT2D eigenvalue weighted by molar-refractivity contribution is 7.92. The van der Waals surface area contributed by atoms with Gasteiger partial charge in [-0.1, -0.05) is 6.07 Å². The minimum Gasteiger partial charge on any atom is -0.493 e. The van der Waals surface area contributed by atoms with Crippen molar-refractivity contribution >= 4 is 9.84 Å². The van der Waals surface area contributed by atoms with E-state index in [-0.39, 0.29) is 24.2 Å². The first-order chi connectivity index (χ1) is 8.95. The fourth-order valence-corrected chi connectivity index (χ4v) is 3.06. The SMILES string of the molecule is COc1ccc(C(N)CO)cc1OC1CS(=O)(=O)C1. The Kier molecular flexibility index (Phi) is 3.98. The third-order valence-electron chi connectivity index (χ3n) is 2.99. The van der Waals surface area contributed by atoms with Gasteiger partial charge in [0.05, 0.1) is 31.3 Å². The van der Waals surface area contributed by atoms with Crippen molar-refractivity contribution < 1.29 is 23.0 Å². The second-order valence-electron chi connectivity index (χ2n) is 4.52. The van der Waals surface area contributed by atoms with Crippen LogP contribution in [0.4, 0.5) is 0 Å². The second kappa shape index (κ2) is 5.36. The molecule has 2 rings (SSSR count). The van der Waals surface area contributed by atoms with Gasteiger partial charge in [0.2, 0.25) is 0 Å². The van der Waals surface area contributed by atoms with Crippen LogP contribution in [0.3, 0.4) is 0 Å². The fourth-order valence-electron chi connectivity index (χ4n) is 1.89. The van der Waals surface area contributed by atoms with Gasteiger partial charge in [-0.25, -0.2) is 8.42 Å². The van der Waals surface area contributed by atoms with Gasteiger partial charge < -0.3 is 20.3 Å². The molecule has 1 heterocycles. The first-order valence-electron chi connectivity index (χ1n) is 5.86. The van der Waals surface area contributed by atoms with Gasteiger partial charge in [0.1, 0.15) is 6.10 Å². The van der Waals surface area contributed by atoms with Crippen LogP contribution < -0.4 is 15.2 Å². The zero-order chi connectivity index (χ0) is 14.0. The van der Waals surface area contributed by atoms with Gasteiger partial charge in [-0.05, 0) is 17.7 Å². The summed E-state index contributed by atoms with van der Waals surface area (Å²) >= 11 is 0. The summed E-state index contributed by atoms with van der Waals surface area (Å²) in [5.41, 5.74) is 6.44. The van der Waals surface area contributed by atoms with E-state index in [2.05, 4.69) is 0 Å². The summed E-state index contributed by atoms with van der Waals surface area (Å²) in [5.74, 6) is 1.00. The van der Waals surface area contributed by atoms with Crippen molar-refractivity contribution in [2.24, 2.45) is 5.73 Å². The van der Waals surface area contributed by atoms with E-state index < -0.39 is 15.9 Å². The molecule has 1 aliphatic heterocycles. The average Bonchev–Trinajstić information content (AvgIpc) is 2.35. The van der Waals surface area contributed by atoms with Crippen LogP contribution in [-0.2, 0) is 9.84 Å². The first kappa shape index (κ1) is 14.1. The van der Waals surface area contributed by atoms with E-state index in [1.165, 1.54) is 7.11 Å². The van der Waals surface area contributed by atoms with E-state index >= 15 is 0 Å². The molecule has 0 radical (unpaired) electrons. The van der Waals surface area contributed by atoms with E-state index in [9.17, 15) is 8.42 Å². The van der Waals surface area contributed by atoms with Gasteiger partial charge in [0, 0.05) is 0 Å². The van der Waals surface area contributed by atoms with Gasteiger partial charge in [-0.15, -0.1) is 0 Å². The lowest BCUT2D eigenvalue weighted by molar-refractivity contribution is 0.218. The van der Waals surface area contributed by atoms with Gasteiger partial charge in [-0.3, -0.25) is 0 Å². The Morgan fingerprint density at radius 2 is 2.11 bits per heavy atom. The molecule has 1 saturated heterocycles. The van der Waals surface area contributed by atoms with Crippen LogP contribution in [0.2, 0.25) is 0 Å². The monoisotopic (exact) mass is 287 g/mol. The molecular weight excluding hydrogens is 270 g/mol. The highest BCUT2D eigenvalue weighted by Gasteiger charge is 2.35. The minimum absolute atomic E-state index is 0.0203. The molecule has 106 valence electrons. The first-order valence-corrected chi connectivity index (χ1v) is 7.69.